The number of nitrogens with two attached hydrogens (primary N) is 1. The van der Waals surface area contributed by atoms with Crippen LogP contribution >= 0.6 is 0 Å². The molecule has 1 aromatic rings. The first-order valence-electron chi connectivity index (χ1n) is 6.66. The molecular weight excluding hydrogens is 285 g/mol. The van der Waals surface area contributed by atoms with Crippen molar-refractivity contribution in [1.82, 2.24) is 4.90 Å². The van der Waals surface area contributed by atoms with E-state index in [9.17, 15) is 18.0 Å². The number of rotatable bonds is 3. The molecule has 0 radical (unpaired) electrons. The normalized spacial score (nSPS) is 20.4. The fraction of sp³-hybridized carbons (Fsp3) is 0.500. The highest BCUT2D eigenvalue weighted by Gasteiger charge is 2.45. The molecule has 0 spiro atoms. The summed E-state index contributed by atoms with van der Waals surface area (Å²) >= 11 is 0. The monoisotopic (exact) mass is 302 g/mol. The second-order valence-electron chi connectivity index (χ2n) is 5.10. The van der Waals surface area contributed by atoms with Crippen molar-refractivity contribution < 1.29 is 22.7 Å². The summed E-state index contributed by atoms with van der Waals surface area (Å²) in [6.45, 7) is 0.322. The maximum Gasteiger partial charge on any atom is 0.410 e. The molecule has 0 aromatic heterocycles. The smallest absolute Gasteiger partial charge is 0.410 e. The van der Waals surface area contributed by atoms with Crippen LogP contribution in [0.15, 0.2) is 30.3 Å². The molecule has 2 N–H and O–H groups in total. The Hall–Kier alpha value is -1.76. The summed E-state index contributed by atoms with van der Waals surface area (Å²) in [6.07, 6.45) is -4.80. The van der Waals surface area contributed by atoms with Gasteiger partial charge in [0.1, 0.15) is 12.6 Å². The summed E-state index contributed by atoms with van der Waals surface area (Å²) in [7, 11) is 0. The van der Waals surface area contributed by atoms with E-state index in [2.05, 4.69) is 0 Å². The highest BCUT2D eigenvalue weighted by atomic mass is 19.4. The molecule has 2 atom stereocenters. The average Bonchev–Trinajstić information content (AvgIpc) is 2.93. The van der Waals surface area contributed by atoms with Gasteiger partial charge in [-0.1, -0.05) is 30.3 Å². The van der Waals surface area contributed by atoms with Crippen LogP contribution in [-0.2, 0) is 11.3 Å². The number of halogens is 3. The molecule has 1 aromatic carbocycles. The molecule has 21 heavy (non-hydrogen) atoms. The predicted molar refractivity (Wildman–Crippen MR) is 70.3 cm³/mol. The van der Waals surface area contributed by atoms with Crippen molar-refractivity contribution in [3.8, 4) is 0 Å². The summed E-state index contributed by atoms with van der Waals surface area (Å²) in [4.78, 5) is 13.1. The minimum absolute atomic E-state index is 0.0195. The number of hydrogen-bond acceptors (Lipinski definition) is 3. The maximum atomic E-state index is 12.5. The van der Waals surface area contributed by atoms with Crippen LogP contribution in [0.1, 0.15) is 12.0 Å². The van der Waals surface area contributed by atoms with Crippen molar-refractivity contribution in [2.24, 2.45) is 11.7 Å². The molecule has 1 heterocycles. The van der Waals surface area contributed by atoms with Crippen molar-refractivity contribution in [1.29, 1.82) is 0 Å². The summed E-state index contributed by atoms with van der Waals surface area (Å²) < 4.78 is 42.7. The van der Waals surface area contributed by atoms with Crippen LogP contribution in [0.4, 0.5) is 18.0 Å². The number of hydrogen-bond donors (Lipinski definition) is 1. The van der Waals surface area contributed by atoms with Gasteiger partial charge < -0.3 is 15.4 Å². The van der Waals surface area contributed by atoms with Crippen molar-refractivity contribution >= 4 is 6.09 Å². The van der Waals surface area contributed by atoms with E-state index in [1.54, 1.807) is 12.1 Å². The molecule has 1 aliphatic heterocycles. The summed E-state index contributed by atoms with van der Waals surface area (Å²) in [5, 5.41) is 0. The van der Waals surface area contributed by atoms with Crippen molar-refractivity contribution in [3.63, 3.8) is 0 Å². The zero-order valence-corrected chi connectivity index (χ0v) is 11.3. The van der Waals surface area contributed by atoms with Gasteiger partial charge in [0.15, 0.2) is 0 Å². The summed E-state index contributed by atoms with van der Waals surface area (Å²) in [6, 6.07) is 7.19. The van der Waals surface area contributed by atoms with E-state index < -0.39 is 24.2 Å². The molecular formula is C14H17F3N2O2. The van der Waals surface area contributed by atoms with Gasteiger partial charge in [0.05, 0.1) is 0 Å². The van der Waals surface area contributed by atoms with Gasteiger partial charge in [-0.15, -0.1) is 0 Å². The zero-order valence-electron chi connectivity index (χ0n) is 11.3. The average molecular weight is 302 g/mol. The fourth-order valence-corrected chi connectivity index (χ4v) is 2.32. The van der Waals surface area contributed by atoms with Crippen LogP contribution in [0.25, 0.3) is 0 Å². The number of benzene rings is 1. The highest BCUT2D eigenvalue weighted by Crippen LogP contribution is 2.29. The third kappa shape index (κ3) is 4.10. The molecule has 7 heteroatoms. The van der Waals surface area contributed by atoms with E-state index in [0.29, 0.717) is 0 Å². The number of carbonyl (C=O) groups is 1. The van der Waals surface area contributed by atoms with E-state index in [1.807, 2.05) is 18.2 Å². The van der Waals surface area contributed by atoms with Gasteiger partial charge in [0, 0.05) is 19.0 Å². The Bertz CT molecular complexity index is 479. The molecule has 0 aliphatic carbocycles. The minimum atomic E-state index is -4.44. The van der Waals surface area contributed by atoms with Crippen LogP contribution in [0, 0.1) is 5.92 Å². The Balaban J connectivity index is 1.82. The van der Waals surface area contributed by atoms with E-state index in [1.165, 1.54) is 4.90 Å². The van der Waals surface area contributed by atoms with E-state index in [0.717, 1.165) is 5.56 Å². The van der Waals surface area contributed by atoms with Gasteiger partial charge in [0.25, 0.3) is 0 Å². The third-order valence-corrected chi connectivity index (χ3v) is 3.57. The summed E-state index contributed by atoms with van der Waals surface area (Å²) in [5.41, 5.74) is 6.01. The van der Waals surface area contributed by atoms with E-state index in [4.69, 9.17) is 10.5 Å². The van der Waals surface area contributed by atoms with Crippen LogP contribution in [-0.4, -0.2) is 36.3 Å². The Morgan fingerprint density at radius 1 is 1.38 bits per heavy atom. The number of alkyl halides is 3. The Kier molecular flexibility index (Phi) is 4.72. The molecule has 1 amide bonds. The Labute approximate surface area is 120 Å². The van der Waals surface area contributed by atoms with Gasteiger partial charge in [-0.05, 0) is 12.0 Å². The lowest BCUT2D eigenvalue weighted by Crippen LogP contribution is -2.45. The number of ether oxygens (including phenoxy) is 1. The lowest BCUT2D eigenvalue weighted by atomic mass is 9.99. The molecule has 1 saturated heterocycles. The molecule has 0 saturated carbocycles. The standard InChI is InChI=1S/C14H17F3N2O2/c15-14(16,17)12(18)11-6-7-19(8-11)13(20)21-9-10-4-2-1-3-5-10/h1-5,11-12H,6-9,18H2/t11-,12?/m0/s1. The van der Waals surface area contributed by atoms with Crippen LogP contribution in [0.5, 0.6) is 0 Å². The third-order valence-electron chi connectivity index (χ3n) is 3.57. The van der Waals surface area contributed by atoms with Gasteiger partial charge in [-0.3, -0.25) is 0 Å². The molecule has 0 bridgehead atoms. The van der Waals surface area contributed by atoms with Gasteiger partial charge in [-0.25, -0.2) is 4.79 Å². The predicted octanol–water partition coefficient (Wildman–Crippen LogP) is 2.53. The first-order chi connectivity index (χ1) is 9.88. The molecule has 1 unspecified atom stereocenters. The summed E-state index contributed by atoms with van der Waals surface area (Å²) in [5.74, 6) is -0.769. The zero-order chi connectivity index (χ0) is 15.5. The van der Waals surface area contributed by atoms with Crippen LogP contribution < -0.4 is 5.73 Å². The van der Waals surface area contributed by atoms with Crippen molar-refractivity contribution in [2.75, 3.05) is 13.1 Å². The Morgan fingerprint density at radius 2 is 2.05 bits per heavy atom. The quantitative estimate of drug-likeness (QED) is 0.933. The van der Waals surface area contributed by atoms with Crippen molar-refractivity contribution in [3.05, 3.63) is 35.9 Å². The van der Waals surface area contributed by atoms with Crippen LogP contribution in [0.2, 0.25) is 0 Å². The van der Waals surface area contributed by atoms with Gasteiger partial charge >= 0.3 is 12.3 Å². The lowest BCUT2D eigenvalue weighted by molar-refractivity contribution is -0.157. The molecule has 4 nitrogen and oxygen atoms in total. The highest BCUT2D eigenvalue weighted by molar-refractivity contribution is 5.68. The largest absolute Gasteiger partial charge is 0.445 e. The molecule has 1 aliphatic rings. The first kappa shape index (κ1) is 15.6. The van der Waals surface area contributed by atoms with Crippen molar-refractivity contribution in [2.45, 2.75) is 25.2 Å². The molecule has 116 valence electrons. The number of likely N-dealkylation sites (tertiary alicyclic amines) is 1. The second kappa shape index (κ2) is 6.34. The SMILES string of the molecule is NC([C@H]1CCN(C(=O)OCc2ccccc2)C1)C(F)(F)F. The van der Waals surface area contributed by atoms with E-state index >= 15 is 0 Å². The topological polar surface area (TPSA) is 55.6 Å². The fourth-order valence-electron chi connectivity index (χ4n) is 2.32. The van der Waals surface area contributed by atoms with Crippen LogP contribution in [0.3, 0.4) is 0 Å². The maximum absolute atomic E-state index is 12.5. The molecule has 1 fully saturated rings. The number of nitrogens with zero attached hydrogens (tertiary/aromatic N) is 1. The lowest BCUT2D eigenvalue weighted by Gasteiger charge is -2.22. The second-order valence-corrected chi connectivity index (χ2v) is 5.10. The molecule has 2 rings (SSSR count). The number of carbonyl (C=O) groups excluding carboxylic acids is 1. The Morgan fingerprint density at radius 3 is 2.67 bits per heavy atom. The minimum Gasteiger partial charge on any atom is -0.445 e. The first-order valence-corrected chi connectivity index (χ1v) is 6.66. The van der Waals surface area contributed by atoms with Gasteiger partial charge in [-0.2, -0.15) is 13.2 Å². The number of amides is 1. The van der Waals surface area contributed by atoms with Gasteiger partial charge in [0.2, 0.25) is 0 Å². The van der Waals surface area contributed by atoms with E-state index in [-0.39, 0.29) is 26.1 Å².